The Morgan fingerprint density at radius 3 is 1.68 bits per heavy atom. The van der Waals surface area contributed by atoms with Gasteiger partial charge in [0.1, 0.15) is 0 Å². The maximum absolute atomic E-state index is 12.1. The van der Waals surface area contributed by atoms with E-state index in [0.717, 1.165) is 5.69 Å². The number of carbonyl (C=O) groups excluding carboxylic acids is 2. The Labute approximate surface area is 228 Å². The first-order chi connectivity index (χ1) is 17.6. The highest BCUT2D eigenvalue weighted by Gasteiger charge is 2.46. The predicted octanol–water partition coefficient (Wildman–Crippen LogP) is 6.27. The molecule has 2 aromatic carbocycles. The molecular formula is C32H47N3O3. The van der Waals surface area contributed by atoms with E-state index in [2.05, 4.69) is 90.0 Å². The molecule has 38 heavy (non-hydrogen) atoms. The van der Waals surface area contributed by atoms with Gasteiger partial charge in [0.2, 0.25) is 6.41 Å². The predicted molar refractivity (Wildman–Crippen MR) is 157 cm³/mol. The van der Waals surface area contributed by atoms with Crippen molar-refractivity contribution in [2.45, 2.75) is 103 Å². The van der Waals surface area contributed by atoms with Crippen LogP contribution in [0.15, 0.2) is 30.3 Å². The number of nitrogens with two attached hydrogens (primary N) is 1. The molecule has 6 heteroatoms. The van der Waals surface area contributed by atoms with Crippen LogP contribution in [0.1, 0.15) is 103 Å². The van der Waals surface area contributed by atoms with Crippen LogP contribution in [0.4, 0.5) is 10.5 Å². The molecule has 0 fully saturated rings. The van der Waals surface area contributed by atoms with Crippen molar-refractivity contribution in [3.63, 3.8) is 0 Å². The molecule has 6 nitrogen and oxygen atoms in total. The van der Waals surface area contributed by atoms with Crippen molar-refractivity contribution in [3.05, 3.63) is 52.6 Å². The molecule has 0 spiro atoms. The summed E-state index contributed by atoms with van der Waals surface area (Å²) >= 11 is 0. The molecule has 0 bridgehead atoms. The topological polar surface area (TPSA) is 104 Å². The fourth-order valence-electron chi connectivity index (χ4n) is 6.28. The van der Waals surface area contributed by atoms with Gasteiger partial charge in [-0.05, 0) is 92.9 Å². The van der Waals surface area contributed by atoms with Crippen LogP contribution in [-0.4, -0.2) is 30.7 Å². The maximum atomic E-state index is 12.1. The monoisotopic (exact) mass is 521 g/mol. The first-order valence-electron chi connectivity index (χ1n) is 13.8. The summed E-state index contributed by atoms with van der Waals surface area (Å²) in [6.07, 6.45) is 4.99. The normalized spacial score (nSPS) is 19.6. The van der Waals surface area contributed by atoms with Gasteiger partial charge in [-0.2, -0.15) is 0 Å². The number of carbonyl (C=O) groups is 2. The summed E-state index contributed by atoms with van der Waals surface area (Å²) in [5.41, 5.74) is 14.1. The molecule has 0 aliphatic heterocycles. The number of aliphatic hydroxyl groups is 1. The van der Waals surface area contributed by atoms with Gasteiger partial charge in [-0.1, -0.05) is 73.6 Å². The Kier molecular flexibility index (Phi) is 8.38. The summed E-state index contributed by atoms with van der Waals surface area (Å²) in [6.45, 7) is 19.5. The van der Waals surface area contributed by atoms with Gasteiger partial charge < -0.3 is 21.5 Å². The Hall–Kier alpha value is -2.86. The third-order valence-electron chi connectivity index (χ3n) is 8.72. The number of hydrogen-bond donors (Lipinski definition) is 4. The van der Waals surface area contributed by atoms with Crippen LogP contribution in [0.3, 0.4) is 0 Å². The molecule has 0 unspecified atom stereocenters. The molecule has 2 aliphatic rings. The molecule has 208 valence electrons. The molecule has 2 aromatic rings. The molecule has 5 N–H and O–H groups in total. The second-order valence-corrected chi connectivity index (χ2v) is 13.5. The lowest BCUT2D eigenvalue weighted by molar-refractivity contribution is -0.106. The summed E-state index contributed by atoms with van der Waals surface area (Å²) in [7, 11) is 0. The second-order valence-electron chi connectivity index (χ2n) is 13.5. The summed E-state index contributed by atoms with van der Waals surface area (Å²) in [5, 5.41) is 14.5. The van der Waals surface area contributed by atoms with Crippen molar-refractivity contribution < 1.29 is 14.7 Å². The number of benzene rings is 2. The van der Waals surface area contributed by atoms with E-state index in [1.54, 1.807) is 0 Å². The molecule has 0 radical (unpaired) electrons. The van der Waals surface area contributed by atoms with Gasteiger partial charge in [-0.3, -0.25) is 4.79 Å². The van der Waals surface area contributed by atoms with Crippen LogP contribution in [-0.2, 0) is 26.5 Å². The number of urea groups is 1. The summed E-state index contributed by atoms with van der Waals surface area (Å²) in [6, 6.07) is 10.6. The average molecular weight is 522 g/mol. The SMILES string of the molecule is CC1(C)CCC(C)(C)c2c1cc1c(c2-c2ccc(NC(=O)NCCO)cc2)C(C)(C)CCC1(C)C.NC=O. The fraction of sp³-hybridized carbons (Fsp3) is 0.562. The minimum Gasteiger partial charge on any atom is -0.395 e. The van der Waals surface area contributed by atoms with Crippen molar-refractivity contribution in [1.29, 1.82) is 0 Å². The highest BCUT2D eigenvalue weighted by Crippen LogP contribution is 2.57. The lowest BCUT2D eigenvalue weighted by atomic mass is 9.55. The molecule has 2 aliphatic carbocycles. The number of hydrogen-bond acceptors (Lipinski definition) is 3. The third kappa shape index (κ3) is 5.75. The highest BCUT2D eigenvalue weighted by molar-refractivity contribution is 5.90. The van der Waals surface area contributed by atoms with Crippen LogP contribution >= 0.6 is 0 Å². The molecule has 0 saturated carbocycles. The van der Waals surface area contributed by atoms with E-state index < -0.39 is 0 Å². The molecule has 0 saturated heterocycles. The number of anilines is 1. The van der Waals surface area contributed by atoms with Gasteiger partial charge in [0.05, 0.1) is 6.61 Å². The smallest absolute Gasteiger partial charge is 0.319 e. The van der Waals surface area contributed by atoms with E-state index >= 15 is 0 Å². The van der Waals surface area contributed by atoms with Crippen molar-refractivity contribution in [2.75, 3.05) is 18.5 Å². The van der Waals surface area contributed by atoms with Crippen LogP contribution in [0.25, 0.3) is 11.1 Å². The van der Waals surface area contributed by atoms with Crippen molar-refractivity contribution in [2.24, 2.45) is 5.73 Å². The largest absolute Gasteiger partial charge is 0.395 e. The van der Waals surface area contributed by atoms with Crippen molar-refractivity contribution in [3.8, 4) is 11.1 Å². The van der Waals surface area contributed by atoms with Gasteiger partial charge in [0, 0.05) is 12.2 Å². The minimum atomic E-state index is -0.299. The quantitative estimate of drug-likeness (QED) is 0.357. The number of amides is 3. The Bertz CT molecular complexity index is 1120. The zero-order valence-corrected chi connectivity index (χ0v) is 24.5. The van der Waals surface area contributed by atoms with Crippen molar-refractivity contribution >= 4 is 18.1 Å². The lowest BCUT2D eigenvalue weighted by Gasteiger charge is -2.49. The Morgan fingerprint density at radius 2 is 1.26 bits per heavy atom. The number of fused-ring (bicyclic) bond motifs is 2. The second kappa shape index (κ2) is 10.7. The van der Waals surface area contributed by atoms with Gasteiger partial charge in [-0.25, -0.2) is 4.79 Å². The van der Waals surface area contributed by atoms with Crippen molar-refractivity contribution in [1.82, 2.24) is 5.32 Å². The lowest BCUT2D eigenvalue weighted by Crippen LogP contribution is -2.40. The first kappa shape index (κ1) is 29.7. The van der Waals surface area contributed by atoms with E-state index in [4.69, 9.17) is 9.90 Å². The number of rotatable bonds is 4. The zero-order valence-electron chi connectivity index (χ0n) is 24.5. The van der Waals surface area contributed by atoms with E-state index in [1.165, 1.54) is 59.1 Å². The Morgan fingerprint density at radius 1 is 0.842 bits per heavy atom. The van der Waals surface area contributed by atoms with E-state index in [1.807, 2.05) is 12.1 Å². The zero-order chi connectivity index (χ0) is 28.5. The van der Waals surface area contributed by atoms with Crippen LogP contribution in [0.2, 0.25) is 0 Å². The van der Waals surface area contributed by atoms with E-state index in [-0.39, 0.29) is 47.3 Å². The molecule has 3 amide bonds. The van der Waals surface area contributed by atoms with Gasteiger partial charge in [0.25, 0.3) is 0 Å². The number of nitrogens with one attached hydrogen (secondary N) is 2. The molecule has 0 atom stereocenters. The number of aliphatic hydroxyl groups excluding tert-OH is 1. The highest BCUT2D eigenvalue weighted by atomic mass is 16.3. The summed E-state index contributed by atoms with van der Waals surface area (Å²) in [4.78, 5) is 20.7. The standard InChI is InChI=1S/C31H44N2O2.CH3NO/c1-28(2)13-15-30(5,6)25-22(28)19-23-26(31(7,8)16-14-29(23,3)4)24(25)20-9-11-21(12-10-20)33-27(35)32-17-18-34;2-1-3/h9-12,19,34H,13-18H2,1-8H3,(H2,32,33,35);1H,(H2,2,3). The Balaban J connectivity index is 0.00000127. The number of primary amides is 1. The minimum absolute atomic E-state index is 0.0746. The fourth-order valence-corrected chi connectivity index (χ4v) is 6.28. The van der Waals surface area contributed by atoms with Crippen LogP contribution in [0, 0.1) is 0 Å². The average Bonchev–Trinajstić information content (AvgIpc) is 2.84. The third-order valence-corrected chi connectivity index (χ3v) is 8.72. The van der Waals surface area contributed by atoms with E-state index in [9.17, 15) is 4.79 Å². The maximum Gasteiger partial charge on any atom is 0.319 e. The van der Waals surface area contributed by atoms with Crippen LogP contribution < -0.4 is 16.4 Å². The van der Waals surface area contributed by atoms with Gasteiger partial charge in [0.15, 0.2) is 0 Å². The summed E-state index contributed by atoms with van der Waals surface area (Å²) < 4.78 is 0. The molecular weight excluding hydrogens is 474 g/mol. The van der Waals surface area contributed by atoms with E-state index in [0.29, 0.717) is 0 Å². The van der Waals surface area contributed by atoms with Crippen LogP contribution in [0.5, 0.6) is 0 Å². The summed E-state index contributed by atoms with van der Waals surface area (Å²) in [5.74, 6) is 0. The molecule has 0 heterocycles. The van der Waals surface area contributed by atoms with Gasteiger partial charge in [-0.15, -0.1) is 0 Å². The molecule has 4 rings (SSSR count). The molecule has 0 aromatic heterocycles. The van der Waals surface area contributed by atoms with Gasteiger partial charge >= 0.3 is 6.03 Å². The first-order valence-corrected chi connectivity index (χ1v) is 13.8.